The number of methoxy groups -OCH3 is 1. The van der Waals surface area contributed by atoms with Crippen LogP contribution in [0.5, 0.6) is 5.88 Å². The summed E-state index contributed by atoms with van der Waals surface area (Å²) in [5.41, 5.74) is 0.00366. The lowest BCUT2D eigenvalue weighted by Gasteiger charge is -2.37. The van der Waals surface area contributed by atoms with Crippen molar-refractivity contribution in [2.75, 3.05) is 7.11 Å². The number of carbonyl (C=O) groups excluding carboxylic acids is 1. The van der Waals surface area contributed by atoms with Gasteiger partial charge >= 0.3 is 0 Å². The Morgan fingerprint density at radius 2 is 2.08 bits per heavy atom. The minimum Gasteiger partial charge on any atom is -0.497 e. The SMILES string of the molecule is CC[C@H](C)[C@@H]1NC(=O)[C@H](C(C)C)n2c1nc1c(c2=O)C=C(OC)C=CO1. The first kappa shape index (κ1) is 18.2. The molecule has 0 radical (unpaired) electrons. The number of amides is 1. The van der Waals surface area contributed by atoms with Crippen molar-refractivity contribution in [2.24, 2.45) is 11.8 Å². The van der Waals surface area contributed by atoms with Crippen LogP contribution < -0.4 is 15.6 Å². The van der Waals surface area contributed by atoms with E-state index < -0.39 is 6.04 Å². The Kier molecular flexibility index (Phi) is 4.89. The molecule has 3 rings (SSSR count). The first-order valence-electron chi connectivity index (χ1n) is 8.94. The van der Waals surface area contributed by atoms with Crippen molar-refractivity contribution in [3.05, 3.63) is 39.8 Å². The van der Waals surface area contributed by atoms with E-state index >= 15 is 0 Å². The number of aromatic nitrogens is 2. The number of nitrogens with zero attached hydrogens (tertiary/aromatic N) is 2. The molecule has 2 aliphatic rings. The van der Waals surface area contributed by atoms with Crippen LogP contribution in [0.2, 0.25) is 0 Å². The van der Waals surface area contributed by atoms with E-state index in [4.69, 9.17) is 9.47 Å². The first-order chi connectivity index (χ1) is 12.4. The largest absolute Gasteiger partial charge is 0.497 e. The molecule has 0 saturated carbocycles. The summed E-state index contributed by atoms with van der Waals surface area (Å²) < 4.78 is 12.3. The Morgan fingerprint density at radius 1 is 1.35 bits per heavy atom. The maximum atomic E-state index is 13.3. The van der Waals surface area contributed by atoms with Gasteiger partial charge < -0.3 is 14.8 Å². The fraction of sp³-hybridized carbons (Fsp3) is 0.526. The molecule has 1 amide bonds. The summed E-state index contributed by atoms with van der Waals surface area (Å²) in [6.07, 6.45) is 5.52. The summed E-state index contributed by atoms with van der Waals surface area (Å²) in [5.74, 6) is 1.20. The van der Waals surface area contributed by atoms with Crippen molar-refractivity contribution in [3.8, 4) is 5.88 Å². The van der Waals surface area contributed by atoms with Crippen LogP contribution in [0.1, 0.15) is 57.6 Å². The van der Waals surface area contributed by atoms with E-state index in [1.54, 1.807) is 12.2 Å². The number of fused-ring (bicyclic) bond motifs is 2. The number of hydrogen-bond acceptors (Lipinski definition) is 5. The Labute approximate surface area is 152 Å². The molecular weight excluding hydrogens is 334 g/mol. The molecule has 0 fully saturated rings. The van der Waals surface area contributed by atoms with Gasteiger partial charge in [0.2, 0.25) is 11.8 Å². The summed E-state index contributed by atoms with van der Waals surface area (Å²) in [7, 11) is 1.52. The lowest BCUT2D eigenvalue weighted by Crippen LogP contribution is -2.51. The number of carbonyl (C=O) groups is 1. The molecule has 1 N–H and O–H groups in total. The molecule has 1 aromatic heterocycles. The van der Waals surface area contributed by atoms with Crippen molar-refractivity contribution in [2.45, 2.75) is 46.2 Å². The Bertz CT molecular complexity index is 838. The molecule has 0 unspecified atom stereocenters. The van der Waals surface area contributed by atoms with Gasteiger partial charge in [-0.2, -0.15) is 4.98 Å². The molecule has 26 heavy (non-hydrogen) atoms. The van der Waals surface area contributed by atoms with Crippen molar-refractivity contribution in [1.82, 2.24) is 14.9 Å². The molecule has 0 saturated heterocycles. The third-order valence-electron chi connectivity index (χ3n) is 5.04. The van der Waals surface area contributed by atoms with E-state index in [2.05, 4.69) is 10.3 Å². The predicted molar refractivity (Wildman–Crippen MR) is 97.5 cm³/mol. The van der Waals surface area contributed by atoms with Crippen LogP contribution in [-0.4, -0.2) is 22.6 Å². The highest BCUT2D eigenvalue weighted by molar-refractivity contribution is 5.82. The Morgan fingerprint density at radius 3 is 2.69 bits per heavy atom. The lowest BCUT2D eigenvalue weighted by molar-refractivity contribution is -0.128. The quantitative estimate of drug-likeness (QED) is 0.893. The van der Waals surface area contributed by atoms with Crippen LogP contribution in [0.25, 0.3) is 6.08 Å². The van der Waals surface area contributed by atoms with Crippen LogP contribution in [0, 0.1) is 11.8 Å². The molecule has 3 atom stereocenters. The molecule has 1 aromatic rings. The number of nitrogens with one attached hydrogen (secondary N) is 1. The van der Waals surface area contributed by atoms with E-state index in [1.807, 2.05) is 27.7 Å². The molecule has 7 nitrogen and oxygen atoms in total. The Hall–Kier alpha value is -2.57. The lowest BCUT2D eigenvalue weighted by atomic mass is 9.92. The fourth-order valence-electron chi connectivity index (χ4n) is 3.38. The van der Waals surface area contributed by atoms with Crippen LogP contribution in [0.15, 0.2) is 22.9 Å². The molecule has 0 spiro atoms. The molecule has 7 heteroatoms. The van der Waals surface area contributed by atoms with E-state index in [0.29, 0.717) is 17.1 Å². The maximum Gasteiger partial charge on any atom is 0.265 e. The Balaban J connectivity index is 2.29. The highest BCUT2D eigenvalue weighted by Crippen LogP contribution is 2.34. The third-order valence-corrected chi connectivity index (χ3v) is 5.04. The maximum absolute atomic E-state index is 13.3. The van der Waals surface area contributed by atoms with E-state index in [-0.39, 0.29) is 35.2 Å². The zero-order valence-corrected chi connectivity index (χ0v) is 15.8. The number of allylic oxidation sites excluding steroid dienone is 1. The van der Waals surface area contributed by atoms with Gasteiger partial charge in [0.15, 0.2) is 0 Å². The number of hydrogen-bond donors (Lipinski definition) is 1. The topological polar surface area (TPSA) is 82.5 Å². The van der Waals surface area contributed by atoms with Crippen LogP contribution >= 0.6 is 0 Å². The second-order valence-corrected chi connectivity index (χ2v) is 7.10. The summed E-state index contributed by atoms with van der Waals surface area (Å²) in [6.45, 7) is 7.92. The van der Waals surface area contributed by atoms with Gasteiger partial charge in [0, 0.05) is 6.08 Å². The van der Waals surface area contributed by atoms with E-state index in [0.717, 1.165) is 6.42 Å². The summed E-state index contributed by atoms with van der Waals surface area (Å²) in [5, 5.41) is 3.05. The van der Waals surface area contributed by atoms with Gasteiger partial charge in [-0.15, -0.1) is 0 Å². The molecule has 0 bridgehead atoms. The molecule has 0 aromatic carbocycles. The van der Waals surface area contributed by atoms with Crippen LogP contribution in [0.3, 0.4) is 0 Å². The summed E-state index contributed by atoms with van der Waals surface area (Å²) >= 11 is 0. The minimum absolute atomic E-state index is 0.0557. The second kappa shape index (κ2) is 6.97. The summed E-state index contributed by atoms with van der Waals surface area (Å²) in [6, 6.07) is -0.937. The average molecular weight is 359 g/mol. The van der Waals surface area contributed by atoms with E-state index in [9.17, 15) is 9.59 Å². The third kappa shape index (κ3) is 2.91. The molecular formula is C19H25N3O4. The standard InChI is InChI=1S/C19H25N3O4/c1-6-11(4)14-16-21-18-13(9-12(25-5)7-8-26-18)19(24)22(16)15(10(2)3)17(23)20-14/h7-11,14-15H,6H2,1-5H3,(H,20,23)/t11-,14-,15-/m0/s1. The van der Waals surface area contributed by atoms with Crippen molar-refractivity contribution in [1.29, 1.82) is 0 Å². The average Bonchev–Trinajstić information content (AvgIpc) is 2.83. The van der Waals surface area contributed by atoms with Crippen LogP contribution in [-0.2, 0) is 9.53 Å². The molecule has 140 valence electrons. The molecule has 0 aliphatic carbocycles. The fourth-order valence-corrected chi connectivity index (χ4v) is 3.38. The van der Waals surface area contributed by atoms with Gasteiger partial charge in [-0.25, -0.2) is 0 Å². The minimum atomic E-state index is -0.605. The number of ether oxygens (including phenoxy) is 2. The van der Waals surface area contributed by atoms with Gasteiger partial charge in [0.1, 0.15) is 23.2 Å². The number of rotatable bonds is 4. The smallest absolute Gasteiger partial charge is 0.265 e. The highest BCUT2D eigenvalue weighted by Gasteiger charge is 2.39. The molecule has 2 aliphatic heterocycles. The highest BCUT2D eigenvalue weighted by atomic mass is 16.5. The monoisotopic (exact) mass is 359 g/mol. The second-order valence-electron chi connectivity index (χ2n) is 7.10. The normalized spacial score (nSPS) is 22.5. The van der Waals surface area contributed by atoms with Crippen molar-refractivity contribution in [3.63, 3.8) is 0 Å². The first-order valence-corrected chi connectivity index (χ1v) is 8.94. The predicted octanol–water partition coefficient (Wildman–Crippen LogP) is 2.55. The van der Waals surface area contributed by atoms with Crippen molar-refractivity contribution < 1.29 is 14.3 Å². The van der Waals surface area contributed by atoms with E-state index in [1.165, 1.54) is 17.9 Å². The van der Waals surface area contributed by atoms with Gasteiger partial charge in [-0.1, -0.05) is 34.1 Å². The zero-order chi connectivity index (χ0) is 19.0. The van der Waals surface area contributed by atoms with Crippen molar-refractivity contribution >= 4 is 12.0 Å². The summed E-state index contributed by atoms with van der Waals surface area (Å²) in [4.78, 5) is 30.7. The van der Waals surface area contributed by atoms with Gasteiger partial charge in [-0.3, -0.25) is 14.2 Å². The van der Waals surface area contributed by atoms with Gasteiger partial charge in [-0.05, 0) is 17.9 Å². The van der Waals surface area contributed by atoms with Crippen LogP contribution in [0.4, 0.5) is 0 Å². The zero-order valence-electron chi connectivity index (χ0n) is 15.8. The van der Waals surface area contributed by atoms with Gasteiger partial charge in [0.25, 0.3) is 5.56 Å². The molecule has 3 heterocycles. The van der Waals surface area contributed by atoms with Gasteiger partial charge in [0.05, 0.1) is 19.4 Å².